The van der Waals surface area contributed by atoms with Gasteiger partial charge in [-0.25, -0.2) is 14.2 Å². The number of methoxy groups -OCH3 is 1. The minimum absolute atomic E-state index is 0.0310. The number of hydrazine groups is 1. The smallest absolute Gasteiger partial charge is 0.324 e. The first kappa shape index (κ1) is 50.8. The molecule has 3 aliphatic rings. The van der Waals surface area contributed by atoms with Gasteiger partial charge in [-0.2, -0.15) is 0 Å². The molecule has 0 radical (unpaired) electrons. The number of hydrogen-bond donors (Lipinski definition) is 3. The van der Waals surface area contributed by atoms with E-state index in [1.165, 1.54) is 29.1 Å². The number of halogens is 2. The normalized spacial score (nSPS) is 21.8. The van der Waals surface area contributed by atoms with Crippen molar-refractivity contribution in [2.75, 3.05) is 40.4 Å². The van der Waals surface area contributed by atoms with Gasteiger partial charge in [0.05, 0.1) is 30.6 Å². The summed E-state index contributed by atoms with van der Waals surface area (Å²) < 4.78 is 44.1. The zero-order valence-corrected chi connectivity index (χ0v) is 40.8. The Kier molecular flexibility index (Phi) is 15.1. The highest BCUT2D eigenvalue weighted by molar-refractivity contribution is 5.97. The number of alkyl halides is 2. The molecule has 15 nitrogen and oxygen atoms in total. The number of amides is 4. The van der Waals surface area contributed by atoms with E-state index in [4.69, 9.17) is 14.5 Å². The second-order valence-corrected chi connectivity index (χ2v) is 19.8. The molecule has 5 heterocycles. The number of benzene rings is 2. The number of aryl methyl sites for hydroxylation is 1. The fourth-order valence-electron chi connectivity index (χ4n) is 10.2. The Bertz CT molecular complexity index is 2630. The number of nitrogens with zero attached hydrogens (tertiary/aromatic N) is 5. The first-order chi connectivity index (χ1) is 32.7. The van der Waals surface area contributed by atoms with Gasteiger partial charge in [0.15, 0.2) is 5.60 Å². The molecule has 370 valence electrons. The summed E-state index contributed by atoms with van der Waals surface area (Å²) in [5.41, 5.74) is 5.99. The lowest BCUT2D eigenvalue weighted by Crippen LogP contribution is -2.63. The SMILES string of the molecule is C=CC(=O)N1CCC(O)(C(=O)N(C)[C@H](C(=O)N[C@H]2Cc3cc(cc(C(F)F)c3)-c3ccc4c(c3)c(c(-c3cccnc3[C@H](C)OC)n4CC)CC(C)(C)COC(=O)[C@@H]3CCCN(N3)C2=O)C(C)C)C1. The summed E-state index contributed by atoms with van der Waals surface area (Å²) in [6.45, 7) is 15.5. The van der Waals surface area contributed by atoms with E-state index >= 15 is 0 Å². The number of carbonyl (C=O) groups excluding carboxylic acids is 5. The van der Waals surface area contributed by atoms with E-state index in [2.05, 4.69) is 28.8 Å². The van der Waals surface area contributed by atoms with Crippen LogP contribution in [0.15, 0.2) is 67.4 Å². The molecule has 0 spiro atoms. The molecule has 2 aromatic carbocycles. The molecule has 0 aliphatic carbocycles. The minimum Gasteiger partial charge on any atom is -0.464 e. The lowest BCUT2D eigenvalue weighted by atomic mass is 9.84. The number of carbonyl (C=O) groups is 5. The maximum Gasteiger partial charge on any atom is 0.324 e. The molecule has 0 saturated carbocycles. The molecule has 3 N–H and O–H groups in total. The summed E-state index contributed by atoms with van der Waals surface area (Å²) in [6, 6.07) is 10.8. The number of likely N-dealkylation sites (tertiary alicyclic amines) is 1. The molecule has 7 rings (SSSR count). The van der Waals surface area contributed by atoms with Gasteiger partial charge in [-0.1, -0.05) is 52.5 Å². The van der Waals surface area contributed by atoms with Crippen LogP contribution in [-0.4, -0.2) is 123 Å². The van der Waals surface area contributed by atoms with Crippen LogP contribution in [-0.2, 0) is 52.8 Å². The van der Waals surface area contributed by atoms with Crippen molar-refractivity contribution in [2.45, 2.75) is 116 Å². The van der Waals surface area contributed by atoms with Crippen molar-refractivity contribution >= 4 is 40.5 Å². The quantitative estimate of drug-likeness (QED) is 0.114. The van der Waals surface area contributed by atoms with E-state index in [9.17, 15) is 37.9 Å². The summed E-state index contributed by atoms with van der Waals surface area (Å²) in [5, 5.41) is 16.5. The predicted octanol–water partition coefficient (Wildman–Crippen LogP) is 6.32. The number of hydrogen-bond acceptors (Lipinski definition) is 10. The van der Waals surface area contributed by atoms with Crippen molar-refractivity contribution in [3.63, 3.8) is 0 Å². The third-order valence-corrected chi connectivity index (χ3v) is 13.7. The predicted molar refractivity (Wildman–Crippen MR) is 256 cm³/mol. The fraction of sp³-hybridized carbons (Fsp3) is 0.500. The van der Waals surface area contributed by atoms with E-state index in [0.717, 1.165) is 44.4 Å². The van der Waals surface area contributed by atoms with E-state index in [1.54, 1.807) is 33.2 Å². The van der Waals surface area contributed by atoms with Crippen molar-refractivity contribution < 1.29 is 47.3 Å². The molecule has 2 saturated heterocycles. The number of fused-ring (bicyclic) bond motifs is 6. The van der Waals surface area contributed by atoms with Gasteiger partial charge in [-0.15, -0.1) is 0 Å². The van der Waals surface area contributed by atoms with Gasteiger partial charge < -0.3 is 34.3 Å². The molecule has 69 heavy (non-hydrogen) atoms. The Morgan fingerprint density at radius 2 is 1.86 bits per heavy atom. The van der Waals surface area contributed by atoms with Crippen molar-refractivity contribution in [1.82, 2.24) is 35.1 Å². The van der Waals surface area contributed by atoms with Crippen molar-refractivity contribution in [3.05, 3.63) is 89.8 Å². The average Bonchev–Trinajstić information content (AvgIpc) is 3.88. The summed E-state index contributed by atoms with van der Waals surface area (Å²) >= 11 is 0. The minimum atomic E-state index is -2.88. The van der Waals surface area contributed by atoms with Crippen LogP contribution in [0.3, 0.4) is 0 Å². The molecule has 4 aromatic rings. The van der Waals surface area contributed by atoms with Gasteiger partial charge in [0.2, 0.25) is 11.8 Å². The average molecular weight is 954 g/mol. The third kappa shape index (κ3) is 10.5. The van der Waals surface area contributed by atoms with Crippen LogP contribution in [0.25, 0.3) is 33.3 Å². The topological polar surface area (TPSA) is 176 Å². The van der Waals surface area contributed by atoms with Crippen LogP contribution >= 0.6 is 0 Å². The number of nitrogens with one attached hydrogen (secondary N) is 2. The number of cyclic esters (lactones) is 1. The standard InChI is InChI=1S/C52H65F2N7O8/c1-10-42(62)59-21-18-52(67,28-59)50(66)58(8)44(30(3)4)47(63)56-40-24-32-22-34(25-35(23-32)46(53)54)33-16-17-41-37(26-33)38(45(60(41)11-2)36-14-12-19-55-43(36)31(5)68-9)27-51(6,7)29-69-49(65)39-15-13-20-61(57-39)48(40)64/h10,12,14,16-17,19,22-23,25-26,30-31,39-40,44,46,57,67H,1,11,13,15,18,20-21,24,27-29H2,2-9H3,(H,56,63)/t31-,39-,40-,44-,52?/m0/s1. The number of aromatic nitrogens is 2. The summed E-state index contributed by atoms with van der Waals surface area (Å²) in [7, 11) is 3.01. The van der Waals surface area contributed by atoms with Crippen molar-refractivity contribution in [1.29, 1.82) is 0 Å². The van der Waals surface area contributed by atoms with E-state index in [0.29, 0.717) is 42.5 Å². The highest BCUT2D eigenvalue weighted by atomic mass is 19.3. The van der Waals surface area contributed by atoms with Gasteiger partial charge in [0.1, 0.15) is 18.1 Å². The number of rotatable bonds is 11. The largest absolute Gasteiger partial charge is 0.464 e. The molecule has 4 amide bonds. The molecule has 1 unspecified atom stereocenters. The van der Waals surface area contributed by atoms with Gasteiger partial charge >= 0.3 is 5.97 Å². The van der Waals surface area contributed by atoms with Crippen LogP contribution in [0.5, 0.6) is 0 Å². The molecule has 17 heteroatoms. The van der Waals surface area contributed by atoms with E-state index < -0.39 is 71.1 Å². The zero-order valence-electron chi connectivity index (χ0n) is 40.8. The first-order valence-electron chi connectivity index (χ1n) is 23.7. The summed E-state index contributed by atoms with van der Waals surface area (Å²) in [4.78, 5) is 76.8. The van der Waals surface area contributed by atoms with Crippen molar-refractivity contribution in [2.24, 2.45) is 11.3 Å². The molecule has 5 atom stereocenters. The molecular formula is C52H65F2N7O8. The lowest BCUT2D eigenvalue weighted by molar-refractivity contribution is -0.156. The number of likely N-dealkylation sites (N-methyl/N-ethyl adjacent to an activating group) is 1. The Labute approximate surface area is 402 Å². The Morgan fingerprint density at radius 1 is 1.10 bits per heavy atom. The zero-order chi connectivity index (χ0) is 50.1. The van der Waals surface area contributed by atoms with Crippen LogP contribution in [0.2, 0.25) is 0 Å². The maximum absolute atomic E-state index is 15.0. The lowest BCUT2D eigenvalue weighted by Gasteiger charge is -2.37. The maximum atomic E-state index is 15.0. The van der Waals surface area contributed by atoms with E-state index in [1.807, 2.05) is 51.1 Å². The molecular weight excluding hydrogens is 889 g/mol. The summed E-state index contributed by atoms with van der Waals surface area (Å²) in [6.07, 6.45) is 0.526. The van der Waals surface area contributed by atoms with Crippen molar-refractivity contribution in [3.8, 4) is 22.4 Å². The molecule has 6 bridgehead atoms. The highest BCUT2D eigenvalue weighted by Crippen LogP contribution is 2.42. The monoisotopic (exact) mass is 953 g/mol. The molecule has 3 aliphatic heterocycles. The number of pyridine rings is 1. The van der Waals surface area contributed by atoms with Gasteiger partial charge in [-0.3, -0.25) is 34.0 Å². The molecule has 2 fully saturated rings. The Balaban J connectivity index is 1.35. The second-order valence-electron chi connectivity index (χ2n) is 19.8. The van der Waals surface area contributed by atoms with Crippen LogP contribution in [0.4, 0.5) is 8.78 Å². The second kappa shape index (κ2) is 20.5. The fourth-order valence-corrected chi connectivity index (χ4v) is 10.2. The number of β-amino-alcohol motifs (C(OH)–C–C–N with tert-alkyl or cyclic N) is 1. The first-order valence-corrected chi connectivity index (χ1v) is 23.7. The molecule has 2 aromatic heterocycles. The van der Waals surface area contributed by atoms with E-state index in [-0.39, 0.29) is 50.8 Å². The van der Waals surface area contributed by atoms with Crippen LogP contribution in [0.1, 0.15) is 95.7 Å². The van der Waals surface area contributed by atoms with Gasteiger partial charge in [0, 0.05) is 80.3 Å². The van der Waals surface area contributed by atoms with Crippen LogP contribution in [0, 0.1) is 11.3 Å². The van der Waals surface area contributed by atoms with Gasteiger partial charge in [-0.05, 0) is 97.7 Å². The number of esters is 1. The third-order valence-electron chi connectivity index (χ3n) is 13.7. The number of ether oxygens (including phenoxy) is 2. The van der Waals surface area contributed by atoms with Gasteiger partial charge in [0.25, 0.3) is 18.2 Å². The number of aliphatic hydroxyl groups is 1. The van der Waals surface area contributed by atoms with Crippen LogP contribution < -0.4 is 10.7 Å². The Morgan fingerprint density at radius 3 is 2.54 bits per heavy atom. The Hall–Kier alpha value is -6.04. The highest BCUT2D eigenvalue weighted by Gasteiger charge is 2.48. The summed E-state index contributed by atoms with van der Waals surface area (Å²) in [5.74, 6) is -3.69.